The Morgan fingerprint density at radius 2 is 1.32 bits per heavy atom. The van der Waals surface area contributed by atoms with E-state index in [9.17, 15) is 4.79 Å². The van der Waals surface area contributed by atoms with Gasteiger partial charge in [0.05, 0.1) is 0 Å². The third-order valence-electron chi connectivity index (χ3n) is 4.32. The van der Waals surface area contributed by atoms with Crippen molar-refractivity contribution in [3.05, 3.63) is 72.3 Å². The van der Waals surface area contributed by atoms with Crippen LogP contribution in [0.4, 0.5) is 0 Å². The third-order valence-corrected chi connectivity index (χ3v) is 4.32. The molecule has 0 saturated carbocycles. The van der Waals surface area contributed by atoms with Crippen LogP contribution in [-0.2, 0) is 0 Å². The second kappa shape index (κ2) is 4.96. The molecule has 0 bridgehead atoms. The molecule has 0 aliphatic carbocycles. The molecule has 0 radical (unpaired) electrons. The Kier molecular flexibility index (Phi) is 2.93. The number of carbonyl (C=O) groups excluding carboxylic acids is 1. The second-order valence-electron chi connectivity index (χ2n) is 5.70. The fourth-order valence-corrected chi connectivity index (χ4v) is 3.15. The molecule has 106 valence electrons. The average Bonchev–Trinajstić information content (AvgIpc) is 2.56. The van der Waals surface area contributed by atoms with Gasteiger partial charge < -0.3 is 0 Å². The molecular weight excluding hydrogens is 268 g/mol. The van der Waals surface area contributed by atoms with Crippen molar-refractivity contribution in [1.82, 2.24) is 0 Å². The maximum absolute atomic E-state index is 12.2. The Hall–Kier alpha value is -2.67. The lowest BCUT2D eigenvalue weighted by Crippen LogP contribution is -1.97. The lowest BCUT2D eigenvalue weighted by molar-refractivity contribution is 0.0990. The van der Waals surface area contributed by atoms with Crippen molar-refractivity contribution in [2.24, 2.45) is 0 Å². The third kappa shape index (κ3) is 1.98. The molecule has 0 N–H and O–H groups in total. The van der Waals surface area contributed by atoms with E-state index in [1.807, 2.05) is 19.1 Å². The number of carbonyl (C=O) groups is 1. The molecule has 1 nitrogen and oxygen atoms in total. The highest BCUT2D eigenvalue weighted by molar-refractivity contribution is 6.12. The van der Waals surface area contributed by atoms with Crippen molar-refractivity contribution < 1.29 is 4.79 Å². The summed E-state index contributed by atoms with van der Waals surface area (Å²) in [7, 11) is 0. The van der Waals surface area contributed by atoms with Gasteiger partial charge in [0, 0.05) is 12.0 Å². The normalized spacial score (nSPS) is 11.3. The summed E-state index contributed by atoms with van der Waals surface area (Å²) in [5.74, 6) is 0.200. The van der Waals surface area contributed by atoms with E-state index < -0.39 is 0 Å². The van der Waals surface area contributed by atoms with Crippen LogP contribution in [0.3, 0.4) is 0 Å². The maximum Gasteiger partial charge on any atom is 0.163 e. The standard InChI is InChI=1S/C21H16O/c1-2-21(22)19-9-5-8-16-12-17-10-14-6-3-4-7-15(14)11-18(17)13-20(16)19/h3-13H,2H2,1H3. The molecule has 0 unspecified atom stereocenters. The molecule has 0 aliphatic rings. The quantitative estimate of drug-likeness (QED) is 0.339. The highest BCUT2D eigenvalue weighted by Crippen LogP contribution is 2.29. The first-order chi connectivity index (χ1) is 10.8. The van der Waals surface area contributed by atoms with Gasteiger partial charge in [-0.25, -0.2) is 0 Å². The van der Waals surface area contributed by atoms with Crippen molar-refractivity contribution >= 4 is 38.1 Å². The van der Waals surface area contributed by atoms with Crippen molar-refractivity contribution in [2.45, 2.75) is 13.3 Å². The molecule has 0 amide bonds. The zero-order valence-corrected chi connectivity index (χ0v) is 12.5. The van der Waals surface area contributed by atoms with Gasteiger partial charge in [0.2, 0.25) is 0 Å². The summed E-state index contributed by atoms with van der Waals surface area (Å²) < 4.78 is 0. The molecule has 0 aliphatic heterocycles. The molecule has 22 heavy (non-hydrogen) atoms. The fourth-order valence-electron chi connectivity index (χ4n) is 3.15. The molecule has 1 heteroatoms. The molecule has 0 aromatic heterocycles. The van der Waals surface area contributed by atoms with E-state index in [4.69, 9.17) is 0 Å². The van der Waals surface area contributed by atoms with Gasteiger partial charge >= 0.3 is 0 Å². The smallest absolute Gasteiger partial charge is 0.163 e. The van der Waals surface area contributed by atoms with E-state index in [0.717, 1.165) is 16.3 Å². The number of fused-ring (bicyclic) bond motifs is 3. The number of rotatable bonds is 2. The zero-order valence-electron chi connectivity index (χ0n) is 12.5. The van der Waals surface area contributed by atoms with E-state index >= 15 is 0 Å². The maximum atomic E-state index is 12.2. The van der Waals surface area contributed by atoms with Crippen molar-refractivity contribution in [3.63, 3.8) is 0 Å². The van der Waals surface area contributed by atoms with Crippen LogP contribution in [0.15, 0.2) is 66.7 Å². The Labute approximate surface area is 129 Å². The summed E-state index contributed by atoms with van der Waals surface area (Å²) in [5.41, 5.74) is 0.829. The first-order valence-corrected chi connectivity index (χ1v) is 7.65. The van der Waals surface area contributed by atoms with Gasteiger partial charge in [-0.15, -0.1) is 0 Å². The van der Waals surface area contributed by atoms with Crippen molar-refractivity contribution in [2.75, 3.05) is 0 Å². The van der Waals surface area contributed by atoms with E-state index in [1.165, 1.54) is 21.5 Å². The number of ketones is 1. The Morgan fingerprint density at radius 3 is 2.00 bits per heavy atom. The number of hydrogen-bond donors (Lipinski definition) is 0. The predicted molar refractivity (Wildman–Crippen MR) is 93.6 cm³/mol. The van der Waals surface area contributed by atoms with E-state index in [2.05, 4.69) is 54.6 Å². The zero-order chi connectivity index (χ0) is 15.1. The van der Waals surface area contributed by atoms with Gasteiger partial charge in [-0.05, 0) is 56.6 Å². The fraction of sp³-hybridized carbons (Fsp3) is 0.0952. The lowest BCUT2D eigenvalue weighted by atomic mass is 9.95. The highest BCUT2D eigenvalue weighted by atomic mass is 16.1. The van der Waals surface area contributed by atoms with Gasteiger partial charge in [-0.3, -0.25) is 4.79 Å². The minimum atomic E-state index is 0.200. The molecule has 0 atom stereocenters. The number of hydrogen-bond acceptors (Lipinski definition) is 1. The Bertz CT molecular complexity index is 1030. The summed E-state index contributed by atoms with van der Waals surface area (Å²) in [4.78, 5) is 12.2. The van der Waals surface area contributed by atoms with Crippen LogP contribution in [0.5, 0.6) is 0 Å². The Morgan fingerprint density at radius 1 is 0.727 bits per heavy atom. The van der Waals surface area contributed by atoms with Crippen LogP contribution in [-0.4, -0.2) is 5.78 Å². The number of benzene rings is 4. The largest absolute Gasteiger partial charge is 0.294 e. The van der Waals surface area contributed by atoms with Crippen molar-refractivity contribution in [3.8, 4) is 0 Å². The minimum Gasteiger partial charge on any atom is -0.294 e. The molecule has 4 aromatic carbocycles. The molecule has 4 aromatic rings. The minimum absolute atomic E-state index is 0.200. The molecule has 0 fully saturated rings. The van der Waals surface area contributed by atoms with Crippen molar-refractivity contribution in [1.29, 1.82) is 0 Å². The lowest BCUT2D eigenvalue weighted by Gasteiger charge is -2.08. The molecule has 0 heterocycles. The topological polar surface area (TPSA) is 17.1 Å². The van der Waals surface area contributed by atoms with Gasteiger partial charge in [-0.1, -0.05) is 49.4 Å². The summed E-state index contributed by atoms with van der Waals surface area (Å²) in [6, 6.07) is 23.1. The summed E-state index contributed by atoms with van der Waals surface area (Å²) in [6.45, 7) is 1.91. The summed E-state index contributed by atoms with van der Waals surface area (Å²) in [6.07, 6.45) is 0.537. The van der Waals surface area contributed by atoms with E-state index in [1.54, 1.807) is 0 Å². The molecule has 0 spiro atoms. The molecular formula is C21H16O. The molecule has 4 rings (SSSR count). The predicted octanol–water partition coefficient (Wildman–Crippen LogP) is 5.74. The summed E-state index contributed by atoms with van der Waals surface area (Å²) in [5, 5.41) is 7.05. The van der Waals surface area contributed by atoms with E-state index in [0.29, 0.717) is 6.42 Å². The summed E-state index contributed by atoms with van der Waals surface area (Å²) >= 11 is 0. The average molecular weight is 284 g/mol. The van der Waals surface area contributed by atoms with Gasteiger partial charge in [-0.2, -0.15) is 0 Å². The molecule has 0 saturated heterocycles. The van der Waals surface area contributed by atoms with Crippen LogP contribution >= 0.6 is 0 Å². The van der Waals surface area contributed by atoms with Gasteiger partial charge in [0.25, 0.3) is 0 Å². The first kappa shape index (κ1) is 13.0. The van der Waals surface area contributed by atoms with Crippen LogP contribution in [0.2, 0.25) is 0 Å². The van der Waals surface area contributed by atoms with Crippen LogP contribution in [0, 0.1) is 0 Å². The SMILES string of the molecule is CCC(=O)c1cccc2cc3cc4ccccc4cc3cc12. The number of Topliss-reactive ketones (excluding diaryl/α,β-unsaturated/α-hetero) is 1. The van der Waals surface area contributed by atoms with Crippen LogP contribution < -0.4 is 0 Å². The van der Waals surface area contributed by atoms with Gasteiger partial charge in [0.1, 0.15) is 0 Å². The monoisotopic (exact) mass is 284 g/mol. The van der Waals surface area contributed by atoms with E-state index in [-0.39, 0.29) is 5.78 Å². The van der Waals surface area contributed by atoms with Crippen LogP contribution in [0.1, 0.15) is 23.7 Å². The highest BCUT2D eigenvalue weighted by Gasteiger charge is 2.09. The first-order valence-electron chi connectivity index (χ1n) is 7.65. The second-order valence-corrected chi connectivity index (χ2v) is 5.70. The van der Waals surface area contributed by atoms with Gasteiger partial charge in [0.15, 0.2) is 5.78 Å². The Balaban J connectivity index is 2.10. The van der Waals surface area contributed by atoms with Crippen LogP contribution in [0.25, 0.3) is 32.3 Å².